The number of anilines is 2. The Hall–Kier alpha value is -3.51. The molecule has 0 aliphatic carbocycles. The van der Waals surface area contributed by atoms with Crippen molar-refractivity contribution in [1.29, 1.82) is 5.26 Å². The van der Waals surface area contributed by atoms with Crippen molar-refractivity contribution in [3.8, 4) is 6.07 Å². The molecule has 1 fully saturated rings. The van der Waals surface area contributed by atoms with Crippen LogP contribution >= 0.6 is 0 Å². The number of halogens is 2. The van der Waals surface area contributed by atoms with Gasteiger partial charge < -0.3 is 14.6 Å². The Labute approximate surface area is 180 Å². The predicted octanol–water partition coefficient (Wildman–Crippen LogP) is 4.71. The number of para-hydroxylation sites is 1. The Morgan fingerprint density at radius 1 is 1.00 bits per heavy atom. The van der Waals surface area contributed by atoms with Gasteiger partial charge in [-0.15, -0.1) is 10.2 Å². The van der Waals surface area contributed by atoms with Crippen LogP contribution in [0.1, 0.15) is 5.56 Å². The molecule has 0 bridgehead atoms. The summed E-state index contributed by atoms with van der Waals surface area (Å²) in [5, 5.41) is 17.7. The number of allylic oxidation sites excluding steroid dienone is 2. The lowest BCUT2D eigenvalue weighted by Crippen LogP contribution is -2.44. The molecule has 0 amide bonds. The maximum atomic E-state index is 13.8. The van der Waals surface area contributed by atoms with Gasteiger partial charge in [-0.25, -0.2) is 0 Å². The number of hydrogen-bond donors (Lipinski definition) is 0. The summed E-state index contributed by atoms with van der Waals surface area (Å²) in [6.07, 6.45) is 3.17. The fourth-order valence-electron chi connectivity index (χ4n) is 3.66. The molecule has 0 aromatic heterocycles. The van der Waals surface area contributed by atoms with Gasteiger partial charge in [-0.2, -0.15) is 5.26 Å². The molecule has 0 unspecified atom stereocenters. The number of nitrogens with zero attached hydrogens (tertiary/aromatic N) is 6. The molecule has 0 saturated carbocycles. The summed E-state index contributed by atoms with van der Waals surface area (Å²) < 4.78 is 27.6. The lowest BCUT2D eigenvalue weighted by Gasteiger charge is -2.34. The van der Waals surface area contributed by atoms with Crippen molar-refractivity contribution in [3.63, 3.8) is 0 Å². The molecule has 0 spiro atoms. The average molecular weight is 418 g/mol. The minimum absolute atomic E-state index is 0.0222. The van der Waals surface area contributed by atoms with Gasteiger partial charge in [0.25, 0.3) is 0 Å². The Bertz CT molecular complexity index is 1070. The van der Waals surface area contributed by atoms with Crippen LogP contribution in [-0.4, -0.2) is 45.5 Å². The molecule has 9 heteroatoms. The number of piperazine rings is 1. The molecule has 0 radical (unpaired) electrons. The zero-order valence-electron chi connectivity index (χ0n) is 17.1. The second kappa shape index (κ2) is 9.10. The fraction of sp³-hybridized carbons (Fsp3) is 0.227. The van der Waals surface area contributed by atoms with Crippen molar-refractivity contribution in [2.45, 2.75) is 0 Å². The minimum atomic E-state index is -2.82. The van der Waals surface area contributed by atoms with E-state index in [0.717, 1.165) is 36.7 Å². The molecule has 4 rings (SSSR count). The van der Waals surface area contributed by atoms with Crippen LogP contribution in [0.2, 0.25) is 0 Å². The van der Waals surface area contributed by atoms with Gasteiger partial charge in [-0.3, -0.25) is 8.63 Å². The lowest BCUT2D eigenvalue weighted by molar-refractivity contribution is 0.313. The molecule has 31 heavy (non-hydrogen) atoms. The van der Waals surface area contributed by atoms with Crippen LogP contribution in [0.3, 0.4) is 0 Å². The first-order chi connectivity index (χ1) is 15.1. The zero-order valence-corrected chi connectivity index (χ0v) is 17.1. The van der Waals surface area contributed by atoms with E-state index in [1.54, 1.807) is 30.3 Å². The Morgan fingerprint density at radius 2 is 1.71 bits per heavy atom. The van der Waals surface area contributed by atoms with Crippen molar-refractivity contribution in [1.82, 2.24) is 4.90 Å². The van der Waals surface area contributed by atoms with Crippen molar-refractivity contribution >= 4 is 30.5 Å². The number of azo groups is 1. The number of fused-ring (bicyclic) bond motifs is 1. The van der Waals surface area contributed by atoms with E-state index in [2.05, 4.69) is 27.1 Å². The monoisotopic (exact) mass is 418 g/mol. The van der Waals surface area contributed by atoms with Gasteiger partial charge in [0.2, 0.25) is 0 Å². The van der Waals surface area contributed by atoms with E-state index in [4.69, 9.17) is 0 Å². The number of rotatable bonds is 4. The molecule has 0 N–H and O–H groups in total. The van der Waals surface area contributed by atoms with E-state index >= 15 is 0 Å². The van der Waals surface area contributed by atoms with Crippen LogP contribution in [0, 0.1) is 11.3 Å². The highest BCUT2D eigenvalue weighted by molar-refractivity contribution is 6.50. The first-order valence-corrected chi connectivity index (χ1v) is 10.0. The highest BCUT2D eigenvalue weighted by Gasteiger charge is 2.33. The van der Waals surface area contributed by atoms with Crippen LogP contribution in [0.4, 0.5) is 25.7 Å². The van der Waals surface area contributed by atoms with Gasteiger partial charge >= 0.3 is 7.40 Å². The summed E-state index contributed by atoms with van der Waals surface area (Å²) in [5.41, 5.74) is 2.48. The summed E-state index contributed by atoms with van der Waals surface area (Å²) in [6.45, 7) is 3.94. The summed E-state index contributed by atoms with van der Waals surface area (Å²) in [6, 6.07) is 16.2. The Morgan fingerprint density at radius 3 is 2.39 bits per heavy atom. The van der Waals surface area contributed by atoms with Crippen LogP contribution in [0.15, 0.2) is 76.2 Å². The molecule has 1 saturated heterocycles. The molecular formula is C22H21BF2N6. The Kier molecular flexibility index (Phi) is 6.09. The van der Waals surface area contributed by atoms with Gasteiger partial charge in [0.1, 0.15) is 6.07 Å². The fourth-order valence-corrected chi connectivity index (χ4v) is 3.66. The Balaban J connectivity index is 1.57. The average Bonchev–Trinajstić information content (AvgIpc) is 2.80. The molecule has 2 heterocycles. The molecule has 2 aliphatic heterocycles. The quantitative estimate of drug-likeness (QED) is 0.410. The maximum absolute atomic E-state index is 13.8. The number of likely N-dealkylation sites (N-methyl/N-ethyl adjacent to an activating group) is 1. The first kappa shape index (κ1) is 20.8. The first-order valence-electron chi connectivity index (χ1n) is 10.0. The summed E-state index contributed by atoms with van der Waals surface area (Å²) >= 11 is 0. The minimum Gasteiger partial charge on any atom is -0.369 e. The second-order valence-corrected chi connectivity index (χ2v) is 7.39. The van der Waals surface area contributed by atoms with Crippen LogP contribution in [0.25, 0.3) is 6.08 Å². The van der Waals surface area contributed by atoms with Crippen LogP contribution in [-0.2, 0) is 0 Å². The molecule has 2 aromatic rings. The molecule has 156 valence electrons. The van der Waals surface area contributed by atoms with E-state index < -0.39 is 7.40 Å². The van der Waals surface area contributed by atoms with Crippen molar-refractivity contribution in [2.75, 3.05) is 42.9 Å². The standard InChI is InChI=1S/C22H21BF2N6/c1-29-12-14-30(15-13-29)19-9-7-18(8-10-19)27-28-20(16-26)22-11-6-17-4-2-3-5-21(17)31(22)23(24)25/h2-11H,12-15H2,1H3/b22-20-,28-27?. The smallest absolute Gasteiger partial charge is 0.369 e. The van der Waals surface area contributed by atoms with Gasteiger partial charge in [-0.1, -0.05) is 24.3 Å². The van der Waals surface area contributed by atoms with Gasteiger partial charge in [0.05, 0.1) is 11.4 Å². The van der Waals surface area contributed by atoms with E-state index in [0.29, 0.717) is 16.9 Å². The summed E-state index contributed by atoms with van der Waals surface area (Å²) in [5.74, 6) is 0. The van der Waals surface area contributed by atoms with Crippen molar-refractivity contribution in [3.05, 3.63) is 71.6 Å². The SMILES string of the molecule is CN1CCN(c2ccc(N=N/C(C#N)=C3/C=Cc4ccccc4N3B(F)F)cc2)CC1. The van der Waals surface area contributed by atoms with Crippen LogP contribution < -0.4 is 9.71 Å². The normalized spacial score (nSPS) is 18.1. The molecular weight excluding hydrogens is 397 g/mol. The van der Waals surface area contributed by atoms with Gasteiger partial charge in [-0.05, 0) is 49.0 Å². The molecule has 2 aliphatic rings. The number of hydrogen-bond acceptors (Lipinski definition) is 6. The van der Waals surface area contributed by atoms with Crippen molar-refractivity contribution < 1.29 is 8.63 Å². The lowest BCUT2D eigenvalue weighted by atomic mass is 9.98. The third-order valence-corrected chi connectivity index (χ3v) is 5.40. The van der Waals surface area contributed by atoms with E-state index in [1.165, 1.54) is 6.08 Å². The van der Waals surface area contributed by atoms with Gasteiger partial charge in [0, 0.05) is 37.6 Å². The molecule has 0 atom stereocenters. The van der Waals surface area contributed by atoms with E-state index in [9.17, 15) is 13.9 Å². The summed E-state index contributed by atoms with van der Waals surface area (Å²) in [7, 11) is -0.709. The molecule has 2 aromatic carbocycles. The highest BCUT2D eigenvalue weighted by atomic mass is 19.2. The molecule has 6 nitrogen and oxygen atoms in total. The van der Waals surface area contributed by atoms with Crippen LogP contribution in [0.5, 0.6) is 0 Å². The summed E-state index contributed by atoms with van der Waals surface area (Å²) in [4.78, 5) is 5.40. The zero-order chi connectivity index (χ0) is 21.8. The predicted molar refractivity (Wildman–Crippen MR) is 119 cm³/mol. The number of nitriles is 1. The van der Waals surface area contributed by atoms with Gasteiger partial charge in [0.15, 0.2) is 5.70 Å². The third-order valence-electron chi connectivity index (χ3n) is 5.40. The third kappa shape index (κ3) is 4.49. The van der Waals surface area contributed by atoms with E-state index in [-0.39, 0.29) is 11.4 Å². The topological polar surface area (TPSA) is 58.2 Å². The second-order valence-electron chi connectivity index (χ2n) is 7.39. The maximum Gasteiger partial charge on any atom is 0.678 e. The van der Waals surface area contributed by atoms with Crippen molar-refractivity contribution in [2.24, 2.45) is 10.2 Å². The highest BCUT2D eigenvalue weighted by Crippen LogP contribution is 2.34. The van der Waals surface area contributed by atoms with E-state index in [1.807, 2.05) is 30.3 Å². The largest absolute Gasteiger partial charge is 0.678 e. The number of benzene rings is 2.